The number of hydrogen-bond donors (Lipinski definition) is 1. The fourth-order valence-electron chi connectivity index (χ4n) is 0.647. The number of pyridine rings is 1. The van der Waals surface area contributed by atoms with Gasteiger partial charge in [-0.25, -0.2) is 13.2 Å². The maximum absolute atomic E-state index is 12.2. The molecular formula is C6H4F3NO. The molecule has 2 nitrogen and oxygen atoms in total. The summed E-state index contributed by atoms with van der Waals surface area (Å²) in [6.45, 7) is 0. The minimum absolute atomic E-state index is 0.589. The predicted molar refractivity (Wildman–Crippen MR) is 32.0 cm³/mol. The van der Waals surface area contributed by atoms with Crippen molar-refractivity contribution < 1.29 is 13.2 Å². The number of halogens is 3. The summed E-state index contributed by atoms with van der Waals surface area (Å²) in [6, 6.07) is 1.19. The Labute approximate surface area is 59.7 Å². The van der Waals surface area contributed by atoms with Gasteiger partial charge in [-0.3, -0.25) is 4.79 Å². The molecule has 0 bridgehead atoms. The van der Waals surface area contributed by atoms with Gasteiger partial charge in [0.2, 0.25) is 0 Å². The lowest BCUT2D eigenvalue weighted by Crippen LogP contribution is -2.08. The van der Waals surface area contributed by atoms with Gasteiger partial charge in [0.1, 0.15) is 5.82 Å². The topological polar surface area (TPSA) is 32.9 Å². The van der Waals surface area contributed by atoms with E-state index in [0.29, 0.717) is 12.1 Å². The molecule has 0 fully saturated rings. The van der Waals surface area contributed by atoms with Crippen molar-refractivity contribution in [3.8, 4) is 0 Å². The third kappa shape index (κ3) is 1.83. The van der Waals surface area contributed by atoms with Crippen LogP contribution >= 0.6 is 0 Å². The highest BCUT2D eigenvalue weighted by Crippen LogP contribution is 2.14. The summed E-state index contributed by atoms with van der Waals surface area (Å²) >= 11 is 0. The average molecular weight is 163 g/mol. The van der Waals surface area contributed by atoms with E-state index in [1.165, 1.54) is 0 Å². The van der Waals surface area contributed by atoms with Crippen LogP contribution in [-0.2, 0) is 0 Å². The van der Waals surface area contributed by atoms with Gasteiger partial charge in [0.05, 0.1) is 5.69 Å². The van der Waals surface area contributed by atoms with Crippen molar-refractivity contribution in [2.24, 2.45) is 0 Å². The summed E-state index contributed by atoms with van der Waals surface area (Å²) < 4.78 is 35.8. The van der Waals surface area contributed by atoms with Crippen LogP contribution in [0.25, 0.3) is 0 Å². The zero-order valence-corrected chi connectivity index (χ0v) is 5.27. The van der Waals surface area contributed by atoms with Crippen LogP contribution in [0, 0.1) is 5.82 Å². The highest BCUT2D eigenvalue weighted by molar-refractivity contribution is 5.06. The normalized spacial score (nSPS) is 10.5. The molecule has 0 spiro atoms. The van der Waals surface area contributed by atoms with Gasteiger partial charge in [0, 0.05) is 6.07 Å². The molecule has 60 valence electrons. The molecule has 5 heteroatoms. The van der Waals surface area contributed by atoms with Gasteiger partial charge in [-0.15, -0.1) is 0 Å². The van der Waals surface area contributed by atoms with Crippen LogP contribution in [0.3, 0.4) is 0 Å². The number of hydrogen-bond acceptors (Lipinski definition) is 1. The lowest BCUT2D eigenvalue weighted by molar-refractivity contribution is 0.145. The van der Waals surface area contributed by atoms with Crippen molar-refractivity contribution in [2.75, 3.05) is 0 Å². The molecule has 0 saturated heterocycles. The van der Waals surface area contributed by atoms with E-state index in [1.54, 1.807) is 4.98 Å². The molecule has 0 aliphatic rings. The van der Waals surface area contributed by atoms with Gasteiger partial charge in [0.25, 0.3) is 12.0 Å². The molecule has 0 amide bonds. The smallest absolute Gasteiger partial charge is 0.278 e. The van der Waals surface area contributed by atoms with Crippen molar-refractivity contribution in [2.45, 2.75) is 6.43 Å². The minimum Gasteiger partial charge on any atom is -0.321 e. The molecule has 0 radical (unpaired) electrons. The molecule has 1 aromatic rings. The predicted octanol–water partition coefficient (Wildman–Crippen LogP) is 1.45. The second kappa shape index (κ2) is 2.77. The molecule has 0 aliphatic carbocycles. The zero-order chi connectivity index (χ0) is 8.43. The first kappa shape index (κ1) is 7.84. The van der Waals surface area contributed by atoms with Crippen molar-refractivity contribution >= 4 is 0 Å². The Morgan fingerprint density at radius 3 is 2.45 bits per heavy atom. The van der Waals surface area contributed by atoms with Gasteiger partial charge in [0.15, 0.2) is 0 Å². The number of aromatic nitrogens is 1. The molecule has 1 rings (SSSR count). The van der Waals surface area contributed by atoms with E-state index in [2.05, 4.69) is 0 Å². The van der Waals surface area contributed by atoms with Crippen LogP contribution in [0.4, 0.5) is 13.2 Å². The van der Waals surface area contributed by atoms with E-state index >= 15 is 0 Å². The number of alkyl halides is 2. The molecule has 0 aromatic carbocycles. The SMILES string of the molecule is O=c1cc(F)cc(C(F)F)[nH]1. The first-order valence-corrected chi connectivity index (χ1v) is 2.77. The van der Waals surface area contributed by atoms with Gasteiger partial charge >= 0.3 is 0 Å². The minimum atomic E-state index is -2.85. The Morgan fingerprint density at radius 2 is 2.00 bits per heavy atom. The Bertz CT molecular complexity index is 307. The Hall–Kier alpha value is -1.26. The second-order valence-corrected chi connectivity index (χ2v) is 1.92. The van der Waals surface area contributed by atoms with Crippen LogP contribution in [0.1, 0.15) is 12.1 Å². The summed E-state index contributed by atoms with van der Waals surface area (Å²) in [4.78, 5) is 12.2. The average Bonchev–Trinajstić information content (AvgIpc) is 1.85. The largest absolute Gasteiger partial charge is 0.321 e. The molecule has 1 N–H and O–H groups in total. The van der Waals surface area contributed by atoms with Crippen LogP contribution in [0.5, 0.6) is 0 Å². The lowest BCUT2D eigenvalue weighted by atomic mass is 10.3. The molecule has 11 heavy (non-hydrogen) atoms. The van der Waals surface area contributed by atoms with Gasteiger partial charge in [-0.05, 0) is 6.07 Å². The highest BCUT2D eigenvalue weighted by atomic mass is 19.3. The maximum Gasteiger partial charge on any atom is 0.278 e. The van der Waals surface area contributed by atoms with E-state index in [4.69, 9.17) is 0 Å². The van der Waals surface area contributed by atoms with E-state index in [1.807, 2.05) is 0 Å². The summed E-state index contributed by atoms with van der Waals surface area (Å²) in [5.41, 5.74) is -1.56. The Balaban J connectivity index is 3.19. The molecule has 0 saturated carbocycles. The molecule has 0 unspecified atom stereocenters. The van der Waals surface area contributed by atoms with Crippen molar-refractivity contribution in [1.82, 2.24) is 4.98 Å². The van der Waals surface area contributed by atoms with Crippen molar-refractivity contribution in [3.63, 3.8) is 0 Å². The van der Waals surface area contributed by atoms with E-state index in [0.717, 1.165) is 0 Å². The fourth-order valence-corrected chi connectivity index (χ4v) is 0.647. The van der Waals surface area contributed by atoms with Crippen molar-refractivity contribution in [1.29, 1.82) is 0 Å². The van der Waals surface area contributed by atoms with E-state index in [9.17, 15) is 18.0 Å². The van der Waals surface area contributed by atoms with E-state index in [-0.39, 0.29) is 0 Å². The molecule has 0 atom stereocenters. The third-order valence-electron chi connectivity index (χ3n) is 1.07. The van der Waals surface area contributed by atoms with Crippen LogP contribution in [0.15, 0.2) is 16.9 Å². The van der Waals surface area contributed by atoms with Crippen LogP contribution in [-0.4, -0.2) is 4.98 Å². The number of H-pyrrole nitrogens is 1. The monoisotopic (exact) mass is 163 g/mol. The summed E-state index contributed by atoms with van der Waals surface area (Å²) in [5.74, 6) is -0.955. The van der Waals surface area contributed by atoms with Crippen molar-refractivity contribution in [3.05, 3.63) is 34.0 Å². The van der Waals surface area contributed by atoms with Gasteiger partial charge in [-0.2, -0.15) is 0 Å². The Kier molecular flexibility index (Phi) is 1.98. The van der Waals surface area contributed by atoms with Crippen LogP contribution in [0.2, 0.25) is 0 Å². The lowest BCUT2D eigenvalue weighted by Gasteiger charge is -1.96. The summed E-state index contributed by atoms with van der Waals surface area (Å²) in [7, 11) is 0. The van der Waals surface area contributed by atoms with Crippen LogP contribution < -0.4 is 5.56 Å². The third-order valence-corrected chi connectivity index (χ3v) is 1.07. The zero-order valence-electron chi connectivity index (χ0n) is 5.27. The summed E-state index contributed by atoms with van der Waals surface area (Å²) in [6.07, 6.45) is -2.85. The van der Waals surface area contributed by atoms with E-state index < -0.39 is 23.5 Å². The first-order chi connectivity index (χ1) is 5.09. The maximum atomic E-state index is 12.2. The molecule has 1 heterocycles. The Morgan fingerprint density at radius 1 is 1.36 bits per heavy atom. The molecule has 0 aliphatic heterocycles. The standard InChI is InChI=1S/C6H4F3NO/c7-3-1-4(6(8)9)10-5(11)2-3/h1-2,6H,(H,10,11). The molecular weight excluding hydrogens is 159 g/mol. The fraction of sp³-hybridized carbons (Fsp3) is 0.167. The first-order valence-electron chi connectivity index (χ1n) is 2.77. The summed E-state index contributed by atoms with van der Waals surface area (Å²) in [5, 5.41) is 0. The second-order valence-electron chi connectivity index (χ2n) is 1.92. The highest BCUT2D eigenvalue weighted by Gasteiger charge is 2.08. The molecule has 1 aromatic heterocycles. The number of aromatic amines is 1. The number of nitrogens with one attached hydrogen (secondary N) is 1. The van der Waals surface area contributed by atoms with Gasteiger partial charge < -0.3 is 4.98 Å². The van der Waals surface area contributed by atoms with Gasteiger partial charge in [-0.1, -0.05) is 0 Å². The quantitative estimate of drug-likeness (QED) is 0.667. The number of rotatable bonds is 1.